The van der Waals surface area contributed by atoms with Crippen molar-refractivity contribution >= 4 is 33.3 Å². The van der Waals surface area contributed by atoms with Crippen LogP contribution in [0, 0.1) is 17.7 Å². The van der Waals surface area contributed by atoms with E-state index in [0.717, 1.165) is 46.0 Å². The van der Waals surface area contributed by atoms with Gasteiger partial charge in [0.05, 0.1) is 23.8 Å². The minimum Gasteiger partial charge on any atom is -0.376 e. The van der Waals surface area contributed by atoms with E-state index in [1.54, 1.807) is 23.0 Å². The highest BCUT2D eigenvalue weighted by molar-refractivity contribution is 5.92. The number of nitrogens with zero attached hydrogens (tertiary/aromatic N) is 4. The zero-order chi connectivity index (χ0) is 25.2. The maximum Gasteiger partial charge on any atom is 0.141 e. The molecule has 1 aliphatic rings. The maximum absolute atomic E-state index is 14.1. The molecule has 1 fully saturated rings. The van der Waals surface area contributed by atoms with E-state index in [1.807, 2.05) is 42.5 Å². The molecule has 0 radical (unpaired) electrons. The van der Waals surface area contributed by atoms with E-state index in [1.165, 1.54) is 12.4 Å². The van der Waals surface area contributed by atoms with Gasteiger partial charge in [-0.15, -0.1) is 0 Å². The number of anilines is 2. The topological polar surface area (TPSA) is 87.9 Å². The van der Waals surface area contributed by atoms with E-state index in [9.17, 15) is 9.50 Å². The Morgan fingerprint density at radius 3 is 2.89 bits per heavy atom. The molecule has 3 heterocycles. The lowest BCUT2D eigenvalue weighted by Gasteiger charge is -2.27. The van der Waals surface area contributed by atoms with E-state index in [4.69, 9.17) is 0 Å². The molecule has 2 aromatic heterocycles. The lowest BCUT2D eigenvalue weighted by atomic mass is 9.94. The van der Waals surface area contributed by atoms with Gasteiger partial charge in [-0.25, -0.2) is 14.4 Å². The first kappa shape index (κ1) is 23.1. The van der Waals surface area contributed by atoms with Crippen LogP contribution in [0.3, 0.4) is 0 Å². The minimum absolute atomic E-state index is 0.242. The van der Waals surface area contributed by atoms with Gasteiger partial charge in [-0.05, 0) is 61.9 Å². The molecule has 1 unspecified atom stereocenters. The number of hydrogen-bond acceptors (Lipinski definition) is 6. The average Bonchev–Trinajstić information content (AvgIpc) is 3.31. The summed E-state index contributed by atoms with van der Waals surface area (Å²) in [5.41, 5.74) is 2.92. The summed E-state index contributed by atoms with van der Waals surface area (Å²) in [6.45, 7) is 1.74. The van der Waals surface area contributed by atoms with E-state index in [0.29, 0.717) is 30.9 Å². The number of aromatic nitrogens is 4. The molecule has 1 atom stereocenters. The zero-order valence-corrected chi connectivity index (χ0v) is 20.1. The SMILES string of the molecule is OC1(C#Cc2ccc3ncnc(Nc4ccc5c(cnn5Cc5ccccc5F)c4)c3c2)CCCNC1. The third kappa shape index (κ3) is 4.87. The molecule has 5 aromatic rings. The summed E-state index contributed by atoms with van der Waals surface area (Å²) < 4.78 is 15.9. The molecule has 1 aliphatic heterocycles. The zero-order valence-electron chi connectivity index (χ0n) is 20.1. The molecule has 0 saturated carbocycles. The van der Waals surface area contributed by atoms with Gasteiger partial charge in [-0.2, -0.15) is 5.10 Å². The van der Waals surface area contributed by atoms with E-state index >= 15 is 0 Å². The average molecular weight is 493 g/mol. The van der Waals surface area contributed by atoms with Gasteiger partial charge in [0.15, 0.2) is 0 Å². The van der Waals surface area contributed by atoms with Gasteiger partial charge in [-0.1, -0.05) is 30.0 Å². The van der Waals surface area contributed by atoms with Crippen molar-refractivity contribution in [2.24, 2.45) is 0 Å². The maximum atomic E-state index is 14.1. The van der Waals surface area contributed by atoms with Crippen LogP contribution < -0.4 is 10.6 Å². The van der Waals surface area contributed by atoms with Crippen LogP contribution in [0.25, 0.3) is 21.8 Å². The van der Waals surface area contributed by atoms with Gasteiger partial charge in [0.2, 0.25) is 0 Å². The van der Waals surface area contributed by atoms with Gasteiger partial charge in [0.25, 0.3) is 0 Å². The Morgan fingerprint density at radius 1 is 1.11 bits per heavy atom. The van der Waals surface area contributed by atoms with Gasteiger partial charge in [-0.3, -0.25) is 4.68 Å². The molecule has 0 bridgehead atoms. The van der Waals surface area contributed by atoms with Crippen molar-refractivity contribution in [2.75, 3.05) is 18.4 Å². The highest BCUT2D eigenvalue weighted by Gasteiger charge is 2.26. The fourth-order valence-corrected chi connectivity index (χ4v) is 4.63. The normalized spacial score (nSPS) is 17.5. The molecule has 0 amide bonds. The summed E-state index contributed by atoms with van der Waals surface area (Å²) in [5.74, 6) is 6.58. The summed E-state index contributed by atoms with van der Waals surface area (Å²) in [7, 11) is 0. The third-order valence-electron chi connectivity index (χ3n) is 6.62. The van der Waals surface area contributed by atoms with Gasteiger partial charge >= 0.3 is 0 Å². The Kier molecular flexibility index (Phi) is 6.01. The van der Waals surface area contributed by atoms with Crippen molar-refractivity contribution in [3.8, 4) is 11.8 Å². The first-order chi connectivity index (χ1) is 18.1. The number of nitrogens with one attached hydrogen (secondary N) is 2. The van der Waals surface area contributed by atoms with Crippen molar-refractivity contribution in [1.82, 2.24) is 25.1 Å². The number of rotatable bonds is 4. The summed E-state index contributed by atoms with van der Waals surface area (Å²) in [5, 5.41) is 23.5. The van der Waals surface area contributed by atoms with Crippen molar-refractivity contribution in [3.63, 3.8) is 0 Å². The van der Waals surface area contributed by atoms with Crippen LogP contribution in [-0.4, -0.2) is 43.5 Å². The molecule has 184 valence electrons. The summed E-state index contributed by atoms with van der Waals surface area (Å²) in [6.07, 6.45) is 4.86. The number of fused-ring (bicyclic) bond motifs is 2. The van der Waals surface area contributed by atoms with Crippen LogP contribution in [0.2, 0.25) is 0 Å². The molecular weight excluding hydrogens is 467 g/mol. The smallest absolute Gasteiger partial charge is 0.141 e. The van der Waals surface area contributed by atoms with E-state index < -0.39 is 5.60 Å². The fraction of sp³-hybridized carbons (Fsp3) is 0.207. The van der Waals surface area contributed by atoms with Crippen LogP contribution in [0.5, 0.6) is 0 Å². The van der Waals surface area contributed by atoms with Crippen LogP contribution in [0.1, 0.15) is 24.0 Å². The van der Waals surface area contributed by atoms with Gasteiger partial charge in [0, 0.05) is 34.1 Å². The molecule has 0 spiro atoms. The Hall–Kier alpha value is -4.32. The highest BCUT2D eigenvalue weighted by Crippen LogP contribution is 2.27. The van der Waals surface area contributed by atoms with E-state index in [-0.39, 0.29) is 5.82 Å². The second-order valence-corrected chi connectivity index (χ2v) is 9.31. The molecule has 3 N–H and O–H groups in total. The Morgan fingerprint density at radius 2 is 2.03 bits per heavy atom. The standard InChI is InChI=1S/C29H25FN6O/c30-25-5-2-1-4-21(25)17-36-27-9-7-23(15-22(27)16-34-36)35-28-24-14-20(6-8-26(24)32-19-33-28)10-12-29(37)11-3-13-31-18-29/h1-2,4-9,14-16,19,31,37H,3,11,13,17-18H2,(H,32,33,35). The number of hydrogen-bond donors (Lipinski definition) is 3. The Bertz CT molecular complexity index is 1660. The Labute approximate surface area is 213 Å². The molecule has 3 aromatic carbocycles. The summed E-state index contributed by atoms with van der Waals surface area (Å²) in [6, 6.07) is 18.4. The first-order valence-electron chi connectivity index (χ1n) is 12.2. The van der Waals surface area contributed by atoms with Crippen molar-refractivity contribution < 1.29 is 9.50 Å². The monoisotopic (exact) mass is 492 g/mol. The molecule has 1 saturated heterocycles. The second-order valence-electron chi connectivity index (χ2n) is 9.31. The van der Waals surface area contributed by atoms with Gasteiger partial charge < -0.3 is 15.7 Å². The predicted octanol–water partition coefficient (Wildman–Crippen LogP) is 4.38. The predicted molar refractivity (Wildman–Crippen MR) is 142 cm³/mol. The van der Waals surface area contributed by atoms with Crippen molar-refractivity contribution in [2.45, 2.75) is 25.0 Å². The van der Waals surface area contributed by atoms with Gasteiger partial charge in [0.1, 0.15) is 23.6 Å². The number of halogens is 1. The summed E-state index contributed by atoms with van der Waals surface area (Å²) >= 11 is 0. The highest BCUT2D eigenvalue weighted by atomic mass is 19.1. The minimum atomic E-state index is -1.01. The van der Waals surface area contributed by atoms with Crippen LogP contribution >= 0.6 is 0 Å². The van der Waals surface area contributed by atoms with Crippen molar-refractivity contribution in [1.29, 1.82) is 0 Å². The van der Waals surface area contributed by atoms with Crippen LogP contribution in [0.15, 0.2) is 73.2 Å². The first-order valence-corrected chi connectivity index (χ1v) is 12.2. The van der Waals surface area contributed by atoms with Crippen molar-refractivity contribution in [3.05, 3.63) is 90.1 Å². The molecule has 6 rings (SSSR count). The largest absolute Gasteiger partial charge is 0.376 e. The Balaban J connectivity index is 1.27. The third-order valence-corrected chi connectivity index (χ3v) is 6.62. The lowest BCUT2D eigenvalue weighted by molar-refractivity contribution is 0.0736. The molecule has 37 heavy (non-hydrogen) atoms. The van der Waals surface area contributed by atoms with E-state index in [2.05, 4.69) is 37.5 Å². The fourth-order valence-electron chi connectivity index (χ4n) is 4.63. The second kappa shape index (κ2) is 9.62. The number of benzene rings is 3. The van der Waals surface area contributed by atoms with Crippen LogP contribution in [-0.2, 0) is 6.54 Å². The molecular formula is C29H25FN6O. The van der Waals surface area contributed by atoms with Crippen LogP contribution in [0.4, 0.5) is 15.9 Å². The quantitative estimate of drug-likeness (QED) is 0.323. The number of β-amino-alcohol motifs (C(OH)–C–C–N with tert-alkyl or cyclic N) is 1. The molecule has 8 heteroatoms. The molecule has 7 nitrogen and oxygen atoms in total. The summed E-state index contributed by atoms with van der Waals surface area (Å²) in [4.78, 5) is 8.85. The lowest BCUT2D eigenvalue weighted by Crippen LogP contribution is -2.44. The molecule has 0 aliphatic carbocycles. The number of aliphatic hydroxyl groups is 1. The number of piperidine rings is 1.